The second kappa shape index (κ2) is 9.39. The maximum absolute atomic E-state index is 12.6. The highest BCUT2D eigenvalue weighted by Gasteiger charge is 2.19. The average molecular weight is 463 g/mol. The number of piperazine rings is 1. The molecular weight excluding hydrogens is 439 g/mol. The molecule has 0 spiro atoms. The van der Waals surface area contributed by atoms with Gasteiger partial charge in [-0.15, -0.1) is 0 Å². The van der Waals surface area contributed by atoms with Crippen molar-refractivity contribution in [1.82, 2.24) is 4.90 Å². The van der Waals surface area contributed by atoms with Crippen LogP contribution in [0.5, 0.6) is 11.5 Å². The second-order valence-electron chi connectivity index (χ2n) is 7.79. The van der Waals surface area contributed by atoms with Gasteiger partial charge in [0.2, 0.25) is 0 Å². The predicted molar refractivity (Wildman–Crippen MR) is 124 cm³/mol. The summed E-state index contributed by atoms with van der Waals surface area (Å²) in [5, 5.41) is 20.7. The van der Waals surface area contributed by atoms with Crippen LogP contribution in [-0.2, 0) is 6.42 Å². The van der Waals surface area contributed by atoms with E-state index in [1.165, 1.54) is 18.4 Å². The number of rotatable bonds is 6. The molecule has 1 fully saturated rings. The first-order chi connectivity index (χ1) is 14.9. The third kappa shape index (κ3) is 4.76. The zero-order valence-electron chi connectivity index (χ0n) is 17.0. The highest BCUT2D eigenvalue weighted by Crippen LogP contribution is 2.33. The Labute approximate surface area is 190 Å². The van der Waals surface area contributed by atoms with Crippen LogP contribution >= 0.6 is 23.2 Å². The minimum atomic E-state index is -0.324. The summed E-state index contributed by atoms with van der Waals surface area (Å²) in [4.78, 5) is 17.3. The van der Waals surface area contributed by atoms with Crippen molar-refractivity contribution < 1.29 is 14.6 Å². The van der Waals surface area contributed by atoms with Crippen LogP contribution in [0.25, 0.3) is 11.0 Å². The third-order valence-electron chi connectivity index (χ3n) is 5.76. The molecule has 0 amide bonds. The molecule has 2 heterocycles. The number of aryl methyl sites for hydroxylation is 1. The summed E-state index contributed by atoms with van der Waals surface area (Å²) in [6, 6.07) is 8.23. The summed E-state index contributed by atoms with van der Waals surface area (Å²) in [7, 11) is 0. The summed E-state index contributed by atoms with van der Waals surface area (Å²) in [5.41, 5.74) is 1.67. The van der Waals surface area contributed by atoms with Gasteiger partial charge in [-0.05, 0) is 44.0 Å². The lowest BCUT2D eigenvalue weighted by Gasteiger charge is -2.36. The van der Waals surface area contributed by atoms with Crippen LogP contribution in [0.4, 0.5) is 5.69 Å². The normalized spacial score (nSPS) is 15.0. The van der Waals surface area contributed by atoms with Crippen molar-refractivity contribution in [3.63, 3.8) is 0 Å². The molecule has 164 valence electrons. The fourth-order valence-corrected chi connectivity index (χ4v) is 4.38. The van der Waals surface area contributed by atoms with Crippen molar-refractivity contribution in [2.24, 2.45) is 0 Å². The van der Waals surface area contributed by atoms with Gasteiger partial charge in [0.1, 0.15) is 5.58 Å². The van der Waals surface area contributed by atoms with Gasteiger partial charge in [-0.25, -0.2) is 0 Å². The Morgan fingerprint density at radius 2 is 1.74 bits per heavy atom. The molecule has 0 bridgehead atoms. The zero-order valence-corrected chi connectivity index (χ0v) is 18.5. The molecule has 0 radical (unpaired) electrons. The highest BCUT2D eigenvalue weighted by molar-refractivity contribution is 6.43. The van der Waals surface area contributed by atoms with E-state index in [1.807, 2.05) is 12.1 Å². The smallest absolute Gasteiger partial charge is 0.195 e. The molecule has 31 heavy (non-hydrogen) atoms. The number of phenolic OH excluding ortho intramolecular Hbond substituents is 2. The molecule has 3 aromatic rings. The lowest BCUT2D eigenvalue weighted by atomic mass is 10.1. The maximum Gasteiger partial charge on any atom is 0.195 e. The largest absolute Gasteiger partial charge is 0.504 e. The van der Waals surface area contributed by atoms with Crippen molar-refractivity contribution in [2.75, 3.05) is 37.6 Å². The maximum atomic E-state index is 12.6. The molecule has 1 saturated heterocycles. The minimum absolute atomic E-state index is 0.163. The van der Waals surface area contributed by atoms with Crippen molar-refractivity contribution in [2.45, 2.75) is 19.3 Å². The van der Waals surface area contributed by atoms with Crippen molar-refractivity contribution >= 4 is 39.9 Å². The Hall–Kier alpha value is -2.41. The molecule has 0 atom stereocenters. The summed E-state index contributed by atoms with van der Waals surface area (Å²) < 4.78 is 5.47. The van der Waals surface area contributed by atoms with Crippen LogP contribution in [0.2, 0.25) is 10.0 Å². The second-order valence-corrected chi connectivity index (χ2v) is 8.57. The van der Waals surface area contributed by atoms with Gasteiger partial charge >= 0.3 is 0 Å². The number of phenols is 2. The molecule has 1 aliphatic rings. The topological polar surface area (TPSA) is 77.2 Å². The molecule has 2 aromatic carbocycles. The first-order valence-corrected chi connectivity index (χ1v) is 11.1. The first-order valence-electron chi connectivity index (χ1n) is 10.3. The Bertz CT molecular complexity index is 1140. The number of aromatic hydroxyl groups is 2. The predicted octanol–water partition coefficient (Wildman–Crippen LogP) is 4.66. The number of nitrogens with zero attached hydrogens (tertiary/aromatic N) is 2. The van der Waals surface area contributed by atoms with Gasteiger partial charge in [-0.3, -0.25) is 9.69 Å². The Kier molecular flexibility index (Phi) is 6.60. The Balaban J connectivity index is 1.27. The minimum Gasteiger partial charge on any atom is -0.504 e. The SMILES string of the molecule is O=c1c(CCCCN2CCN(c3cccc(Cl)c3Cl)CC2)coc2cc(O)c(O)cc12. The van der Waals surface area contributed by atoms with Crippen molar-refractivity contribution in [3.05, 3.63) is 62.4 Å². The summed E-state index contributed by atoms with van der Waals surface area (Å²) >= 11 is 12.5. The first kappa shape index (κ1) is 21.8. The number of unbranched alkanes of at least 4 members (excludes halogenated alkanes) is 1. The number of halogens is 2. The lowest BCUT2D eigenvalue weighted by molar-refractivity contribution is 0.253. The molecule has 1 aromatic heterocycles. The van der Waals surface area contributed by atoms with E-state index in [4.69, 9.17) is 27.6 Å². The number of benzene rings is 2. The fourth-order valence-electron chi connectivity index (χ4n) is 3.97. The molecule has 0 saturated carbocycles. The Morgan fingerprint density at radius 3 is 2.52 bits per heavy atom. The van der Waals surface area contributed by atoms with Gasteiger partial charge in [0.05, 0.1) is 27.4 Å². The molecule has 2 N–H and O–H groups in total. The van der Waals surface area contributed by atoms with Crippen LogP contribution in [0.3, 0.4) is 0 Å². The summed E-state index contributed by atoms with van der Waals surface area (Å²) in [5.74, 6) is -0.628. The quantitative estimate of drug-likeness (QED) is 0.409. The van der Waals surface area contributed by atoms with Gasteiger partial charge < -0.3 is 19.5 Å². The monoisotopic (exact) mass is 462 g/mol. The van der Waals surface area contributed by atoms with Crippen LogP contribution < -0.4 is 10.3 Å². The van der Waals surface area contributed by atoms with Crippen molar-refractivity contribution in [1.29, 1.82) is 0 Å². The van der Waals surface area contributed by atoms with Crippen LogP contribution in [-0.4, -0.2) is 47.8 Å². The van der Waals surface area contributed by atoms with Gasteiger partial charge in [-0.2, -0.15) is 0 Å². The van der Waals surface area contributed by atoms with E-state index in [2.05, 4.69) is 9.80 Å². The fraction of sp³-hybridized carbons (Fsp3) is 0.348. The zero-order chi connectivity index (χ0) is 22.0. The number of fused-ring (bicyclic) bond motifs is 1. The van der Waals surface area contributed by atoms with E-state index in [0.29, 0.717) is 22.0 Å². The van der Waals surface area contributed by atoms with Crippen LogP contribution in [0.1, 0.15) is 18.4 Å². The van der Waals surface area contributed by atoms with E-state index in [1.54, 1.807) is 6.07 Å². The molecule has 6 nitrogen and oxygen atoms in total. The van der Waals surface area contributed by atoms with Gasteiger partial charge in [0.15, 0.2) is 16.9 Å². The van der Waals surface area contributed by atoms with Gasteiger partial charge in [0, 0.05) is 37.8 Å². The van der Waals surface area contributed by atoms with Crippen LogP contribution in [0, 0.1) is 0 Å². The van der Waals surface area contributed by atoms with Gasteiger partial charge in [0.25, 0.3) is 0 Å². The molecule has 0 aliphatic carbocycles. The Morgan fingerprint density at radius 1 is 1.00 bits per heavy atom. The van der Waals surface area contributed by atoms with Crippen LogP contribution in [0.15, 0.2) is 45.8 Å². The number of anilines is 1. The third-order valence-corrected chi connectivity index (χ3v) is 6.56. The molecular formula is C23H24Cl2N2O4. The molecule has 4 rings (SSSR count). The summed E-state index contributed by atoms with van der Waals surface area (Å²) in [6.45, 7) is 4.65. The van der Waals surface area contributed by atoms with E-state index >= 15 is 0 Å². The molecule has 1 aliphatic heterocycles. The lowest BCUT2D eigenvalue weighted by Crippen LogP contribution is -2.46. The number of hydrogen-bond acceptors (Lipinski definition) is 6. The molecule has 0 unspecified atom stereocenters. The van der Waals surface area contributed by atoms with Crippen molar-refractivity contribution in [3.8, 4) is 11.5 Å². The van der Waals surface area contributed by atoms with E-state index in [0.717, 1.165) is 51.3 Å². The summed E-state index contributed by atoms with van der Waals surface area (Å²) in [6.07, 6.45) is 3.89. The average Bonchev–Trinajstić information content (AvgIpc) is 2.76. The standard InChI is InChI=1S/C23H24Cl2N2O4/c24-17-5-3-6-18(22(17)25)27-10-8-26(9-11-27)7-2-1-4-15-14-31-21-13-20(29)19(28)12-16(21)23(15)30/h3,5-6,12-14,28-29H,1-2,4,7-11H2. The van der Waals surface area contributed by atoms with E-state index < -0.39 is 0 Å². The van der Waals surface area contributed by atoms with E-state index in [-0.39, 0.29) is 27.9 Å². The van der Waals surface area contributed by atoms with E-state index in [9.17, 15) is 15.0 Å². The highest BCUT2D eigenvalue weighted by atomic mass is 35.5. The molecule has 8 heteroatoms. The van der Waals surface area contributed by atoms with Gasteiger partial charge in [-0.1, -0.05) is 29.3 Å². The number of hydrogen-bond donors (Lipinski definition) is 2.